The Labute approximate surface area is 247 Å². The molecular formula is C23H49I2N5O5S. The molecule has 0 saturated carbocycles. The van der Waals surface area contributed by atoms with Gasteiger partial charge < -0.3 is 19.7 Å². The lowest BCUT2D eigenvalue weighted by Crippen LogP contribution is -2.23. The summed E-state index contributed by atoms with van der Waals surface area (Å²) in [7, 11) is 1.11. The number of nitrogens with zero attached hydrogens (tertiary/aromatic N) is 3. The number of unbranched alkanes of at least 4 members (excludes halogenated alkanes) is 2. The standard InChI is InChI=1S/C8H16INO2.C8H17N3.C7H16INO3S/c1-8(11)10-5-2-3-6-12-7-4-9;1-4-9-8-10-6-5-7-11(2)3;1-13(10,11)9-5-2-3-6-12-7-4-8/h2-7H2,1H3,(H,10,11);4-7H2,1-3H3;9H,2-7H2,1H3. The van der Waals surface area contributed by atoms with E-state index in [1.165, 1.54) is 13.2 Å². The first-order valence-corrected chi connectivity index (χ1v) is 17.2. The van der Waals surface area contributed by atoms with Crippen molar-refractivity contribution in [2.24, 2.45) is 9.98 Å². The molecule has 36 heavy (non-hydrogen) atoms. The van der Waals surface area contributed by atoms with E-state index < -0.39 is 10.0 Å². The van der Waals surface area contributed by atoms with Gasteiger partial charge in [-0.25, -0.2) is 23.1 Å². The first kappa shape index (κ1) is 40.6. The van der Waals surface area contributed by atoms with Crippen LogP contribution >= 0.6 is 45.2 Å². The number of rotatable bonds is 20. The van der Waals surface area contributed by atoms with Crippen molar-refractivity contribution in [3.8, 4) is 0 Å². The van der Waals surface area contributed by atoms with Crippen molar-refractivity contribution in [2.75, 3.05) is 88.4 Å². The van der Waals surface area contributed by atoms with Gasteiger partial charge in [-0.1, -0.05) is 45.2 Å². The number of sulfonamides is 1. The minimum absolute atomic E-state index is 0.0446. The summed E-state index contributed by atoms with van der Waals surface area (Å²) < 4.78 is 36.2. The lowest BCUT2D eigenvalue weighted by atomic mass is 10.3. The van der Waals surface area contributed by atoms with Gasteiger partial charge in [-0.15, -0.1) is 0 Å². The summed E-state index contributed by atoms with van der Waals surface area (Å²) in [4.78, 5) is 20.4. The first-order chi connectivity index (χ1) is 17.1. The number of nitrogens with one attached hydrogen (secondary N) is 2. The minimum Gasteiger partial charge on any atom is -0.381 e. The number of carbonyl (C=O) groups is 1. The maximum absolute atomic E-state index is 10.6. The molecule has 10 nitrogen and oxygen atoms in total. The summed E-state index contributed by atoms with van der Waals surface area (Å²) in [6, 6.07) is 2.64. The molecule has 0 aromatic carbocycles. The highest BCUT2D eigenvalue weighted by molar-refractivity contribution is 14.1. The molecule has 0 saturated heterocycles. The zero-order chi connectivity index (χ0) is 27.9. The lowest BCUT2D eigenvalue weighted by Gasteiger charge is -2.05. The molecule has 0 fully saturated rings. The molecule has 0 atom stereocenters. The van der Waals surface area contributed by atoms with Gasteiger partial charge >= 0.3 is 0 Å². The van der Waals surface area contributed by atoms with Crippen molar-refractivity contribution in [3.63, 3.8) is 0 Å². The van der Waals surface area contributed by atoms with Gasteiger partial charge in [0.2, 0.25) is 15.9 Å². The van der Waals surface area contributed by atoms with E-state index in [0.717, 1.165) is 87.0 Å². The van der Waals surface area contributed by atoms with Crippen LogP contribution in [-0.2, 0) is 24.3 Å². The van der Waals surface area contributed by atoms with Gasteiger partial charge in [-0.05, 0) is 59.7 Å². The van der Waals surface area contributed by atoms with Crippen LogP contribution in [0.15, 0.2) is 9.98 Å². The van der Waals surface area contributed by atoms with E-state index in [9.17, 15) is 13.2 Å². The normalized spacial score (nSPS) is 10.4. The Balaban J connectivity index is -0.000000455. The summed E-state index contributed by atoms with van der Waals surface area (Å²) in [6.45, 7) is 10.6. The maximum atomic E-state index is 10.6. The number of hydrogen-bond acceptors (Lipinski definition) is 8. The van der Waals surface area contributed by atoms with Crippen LogP contribution in [0.25, 0.3) is 0 Å². The van der Waals surface area contributed by atoms with Crippen LogP contribution in [0.3, 0.4) is 0 Å². The molecule has 0 radical (unpaired) electrons. The number of amides is 1. The van der Waals surface area contributed by atoms with E-state index in [4.69, 9.17) is 9.47 Å². The molecule has 0 unspecified atom stereocenters. The van der Waals surface area contributed by atoms with E-state index in [1.54, 1.807) is 0 Å². The summed E-state index contributed by atoms with van der Waals surface area (Å²) in [5.41, 5.74) is 0. The monoisotopic (exact) mass is 761 g/mol. The van der Waals surface area contributed by atoms with E-state index in [1.807, 2.05) is 6.92 Å². The highest BCUT2D eigenvalue weighted by Crippen LogP contribution is 1.91. The second-order valence-corrected chi connectivity index (χ2v) is 11.8. The SMILES string of the molecule is CC(=O)NCCCCOCCI.CCN=C=NCCCN(C)C.CS(=O)(=O)NCCCCOCCI. The number of ether oxygens (including phenoxy) is 2. The van der Waals surface area contributed by atoms with Gasteiger partial charge in [0.15, 0.2) is 0 Å². The number of alkyl halides is 2. The number of hydrogen-bond donors (Lipinski definition) is 2. The van der Waals surface area contributed by atoms with Crippen LogP contribution < -0.4 is 10.0 Å². The van der Waals surface area contributed by atoms with Gasteiger partial charge in [-0.2, -0.15) is 0 Å². The van der Waals surface area contributed by atoms with Crippen molar-refractivity contribution in [3.05, 3.63) is 0 Å². The summed E-state index contributed by atoms with van der Waals surface area (Å²) in [5, 5.41) is 2.74. The average Bonchev–Trinajstić information content (AvgIpc) is 2.80. The van der Waals surface area contributed by atoms with Crippen LogP contribution in [0.2, 0.25) is 0 Å². The predicted octanol–water partition coefficient (Wildman–Crippen LogP) is 3.25. The van der Waals surface area contributed by atoms with Crippen LogP contribution in [0, 0.1) is 0 Å². The number of aliphatic imine (C=N–C) groups is 2. The number of carbonyl (C=O) groups excluding carboxylic acids is 1. The van der Waals surface area contributed by atoms with Crippen LogP contribution in [-0.4, -0.2) is 114 Å². The Morgan fingerprint density at radius 2 is 1.47 bits per heavy atom. The highest BCUT2D eigenvalue weighted by atomic mass is 127. The van der Waals surface area contributed by atoms with E-state index in [0.29, 0.717) is 13.2 Å². The molecule has 0 aromatic rings. The summed E-state index contributed by atoms with van der Waals surface area (Å²) >= 11 is 4.53. The van der Waals surface area contributed by atoms with Crippen molar-refractivity contribution >= 4 is 67.1 Å². The van der Waals surface area contributed by atoms with Crippen molar-refractivity contribution in [2.45, 2.75) is 46.0 Å². The zero-order valence-corrected chi connectivity index (χ0v) is 28.0. The summed E-state index contributed by atoms with van der Waals surface area (Å²) in [6.07, 6.45) is 6.00. The van der Waals surface area contributed by atoms with Gasteiger partial charge in [0, 0.05) is 48.6 Å². The molecule has 13 heteroatoms. The Bertz CT molecular complexity index is 634. The van der Waals surface area contributed by atoms with E-state index in [-0.39, 0.29) is 5.91 Å². The smallest absolute Gasteiger partial charge is 0.216 e. The highest BCUT2D eigenvalue weighted by Gasteiger charge is 1.98. The van der Waals surface area contributed by atoms with E-state index >= 15 is 0 Å². The molecule has 0 rings (SSSR count). The molecule has 0 bridgehead atoms. The maximum Gasteiger partial charge on any atom is 0.216 e. The van der Waals surface area contributed by atoms with Gasteiger partial charge in [0.05, 0.1) is 32.0 Å². The molecule has 0 heterocycles. The fourth-order valence-electron chi connectivity index (χ4n) is 2.13. The molecule has 216 valence electrons. The first-order valence-electron chi connectivity index (χ1n) is 12.3. The molecule has 0 aliphatic carbocycles. The molecule has 0 aliphatic heterocycles. The van der Waals surface area contributed by atoms with Crippen LogP contribution in [0.4, 0.5) is 0 Å². The molecule has 0 aromatic heterocycles. The van der Waals surface area contributed by atoms with Gasteiger partial charge in [-0.3, -0.25) is 4.79 Å². The third-order valence-corrected chi connectivity index (χ3v) is 5.40. The molecular weight excluding hydrogens is 712 g/mol. The second kappa shape index (κ2) is 33.1. The Hall–Kier alpha value is 0.1000. The Morgan fingerprint density at radius 1 is 0.917 bits per heavy atom. The van der Waals surface area contributed by atoms with Crippen molar-refractivity contribution in [1.29, 1.82) is 0 Å². The third-order valence-electron chi connectivity index (χ3n) is 3.79. The number of halogens is 2. The third kappa shape index (κ3) is 50.9. The second-order valence-electron chi connectivity index (χ2n) is 7.78. The minimum atomic E-state index is -3.01. The fraction of sp³-hybridized carbons (Fsp3) is 0.913. The summed E-state index contributed by atoms with van der Waals surface area (Å²) in [5.74, 6) is 0.0446. The van der Waals surface area contributed by atoms with Gasteiger partial charge in [0.25, 0.3) is 0 Å². The molecule has 2 N–H and O–H groups in total. The zero-order valence-electron chi connectivity index (χ0n) is 22.9. The fourth-order valence-corrected chi connectivity index (χ4v) is 3.27. The van der Waals surface area contributed by atoms with Crippen molar-refractivity contribution < 1.29 is 22.7 Å². The largest absolute Gasteiger partial charge is 0.381 e. The molecule has 0 spiro atoms. The average molecular weight is 762 g/mol. The van der Waals surface area contributed by atoms with Crippen LogP contribution in [0.5, 0.6) is 0 Å². The topological polar surface area (TPSA) is 122 Å². The molecule has 1 amide bonds. The molecule has 0 aliphatic rings. The Morgan fingerprint density at radius 3 is 1.92 bits per heavy atom. The van der Waals surface area contributed by atoms with Crippen molar-refractivity contribution in [1.82, 2.24) is 14.9 Å². The van der Waals surface area contributed by atoms with Crippen LogP contribution in [0.1, 0.15) is 46.0 Å². The van der Waals surface area contributed by atoms with E-state index in [2.05, 4.69) is 90.2 Å². The lowest BCUT2D eigenvalue weighted by molar-refractivity contribution is -0.118. The predicted molar refractivity (Wildman–Crippen MR) is 168 cm³/mol. The van der Waals surface area contributed by atoms with Gasteiger partial charge in [0.1, 0.15) is 0 Å². The quantitative estimate of drug-likeness (QED) is 0.0852. The Kier molecular flexibility index (Phi) is 37.4.